The molecule has 6 heterocycles. The van der Waals surface area contributed by atoms with E-state index in [1.807, 2.05) is 13.8 Å². The van der Waals surface area contributed by atoms with Crippen molar-refractivity contribution in [3.63, 3.8) is 0 Å². The van der Waals surface area contributed by atoms with Crippen molar-refractivity contribution < 1.29 is 31.8 Å². The van der Waals surface area contributed by atoms with Crippen LogP contribution < -0.4 is 25.4 Å². The number of alkyl halides is 3. The van der Waals surface area contributed by atoms with Crippen molar-refractivity contribution in [3.05, 3.63) is 28.0 Å². The average Bonchev–Trinajstić information content (AvgIpc) is 3.21. The number of nitrogens with zero attached hydrogens (tertiary/aromatic N) is 4. The molecule has 0 saturated carbocycles. The molecule has 3 fully saturated rings. The molecule has 3 saturated heterocycles. The van der Waals surface area contributed by atoms with Gasteiger partial charge in [0.15, 0.2) is 11.6 Å². The third-order valence-corrected chi connectivity index (χ3v) is 9.03. The number of hydrogen-bond acceptors (Lipinski definition) is 9. The van der Waals surface area contributed by atoms with E-state index in [4.69, 9.17) is 36.5 Å². The summed E-state index contributed by atoms with van der Waals surface area (Å²) in [6.07, 6.45) is -3.49. The molecule has 2 aromatic heterocycles. The molecule has 14 heteroatoms. The summed E-state index contributed by atoms with van der Waals surface area (Å²) in [5.74, 6) is -0.945. The highest BCUT2D eigenvalue weighted by atomic mass is 35.5. The summed E-state index contributed by atoms with van der Waals surface area (Å²) >= 11 is 6.81. The molecule has 3 N–H and O–H groups in total. The predicted octanol–water partition coefficient (Wildman–Crippen LogP) is 4.90. The van der Waals surface area contributed by atoms with Crippen LogP contribution in [0.5, 0.6) is 11.8 Å². The standard InChI is InChI=1S/C28H29ClF4N6O3/c1-11-6-15(34)36-21(18(11)28(31,32)33)16-19(29)24-17-22(20(16)30)37-26(41-10-27(3)8-40-9-27)38-25(17)39-7-13-4-5-14(35-13)23(39)12(2)42-24/h6,12-14,23,35H,4-5,7-10H2,1-3H3,(H2,34,36)/t12-,13+,14-,23+/m0/s1. The molecule has 4 atom stereocenters. The molecule has 2 bridgehead atoms. The Hall–Kier alpha value is -3.16. The summed E-state index contributed by atoms with van der Waals surface area (Å²) in [6, 6.07) is 1.03. The monoisotopic (exact) mass is 608 g/mol. The van der Waals surface area contributed by atoms with Gasteiger partial charge in [0.05, 0.1) is 46.5 Å². The lowest BCUT2D eigenvalue weighted by molar-refractivity contribution is -0.137. The molecule has 1 aromatic carbocycles. The van der Waals surface area contributed by atoms with Crippen molar-refractivity contribution in [2.45, 2.75) is 64.0 Å². The molecule has 0 radical (unpaired) electrons. The Morgan fingerprint density at radius 1 is 1.24 bits per heavy atom. The van der Waals surface area contributed by atoms with E-state index in [1.54, 1.807) is 0 Å². The number of halogens is 5. The maximum atomic E-state index is 16.7. The van der Waals surface area contributed by atoms with E-state index in [9.17, 15) is 13.2 Å². The minimum Gasteiger partial charge on any atom is -0.486 e. The topological polar surface area (TPSA) is 108 Å². The molecule has 42 heavy (non-hydrogen) atoms. The first-order valence-corrected chi connectivity index (χ1v) is 14.2. The Morgan fingerprint density at radius 3 is 2.69 bits per heavy atom. The van der Waals surface area contributed by atoms with Gasteiger partial charge in [0.25, 0.3) is 0 Å². The quantitative estimate of drug-likeness (QED) is 0.400. The normalized spacial score (nSPS) is 26.0. The van der Waals surface area contributed by atoms with Gasteiger partial charge in [-0.25, -0.2) is 9.37 Å². The molecule has 4 aliphatic heterocycles. The fraction of sp³-hybridized carbons (Fsp3) is 0.536. The number of nitrogen functional groups attached to an aromatic ring is 1. The number of ether oxygens (including phenoxy) is 3. The second-order valence-corrected chi connectivity index (χ2v) is 12.5. The molecule has 0 amide bonds. The number of aromatic nitrogens is 3. The van der Waals surface area contributed by atoms with Gasteiger partial charge in [-0.15, -0.1) is 0 Å². The van der Waals surface area contributed by atoms with Crippen LogP contribution in [0.15, 0.2) is 6.07 Å². The lowest BCUT2D eigenvalue weighted by Crippen LogP contribution is -2.62. The highest BCUT2D eigenvalue weighted by Gasteiger charge is 2.48. The fourth-order valence-electron chi connectivity index (χ4n) is 6.74. The first-order valence-electron chi connectivity index (χ1n) is 13.8. The molecule has 0 aliphatic carbocycles. The van der Waals surface area contributed by atoms with Crippen LogP contribution in [0.25, 0.3) is 22.2 Å². The van der Waals surface area contributed by atoms with Gasteiger partial charge in [-0.1, -0.05) is 18.5 Å². The second-order valence-electron chi connectivity index (χ2n) is 12.1. The smallest absolute Gasteiger partial charge is 0.418 e. The van der Waals surface area contributed by atoms with Gasteiger partial charge in [-0.05, 0) is 38.3 Å². The zero-order valence-corrected chi connectivity index (χ0v) is 23.9. The third-order valence-electron chi connectivity index (χ3n) is 8.67. The van der Waals surface area contributed by atoms with Crippen LogP contribution in [-0.2, 0) is 10.9 Å². The van der Waals surface area contributed by atoms with Crippen molar-refractivity contribution in [1.29, 1.82) is 0 Å². The number of nitrogens with two attached hydrogens (primary N) is 1. The number of aryl methyl sites for hydroxylation is 1. The van der Waals surface area contributed by atoms with Crippen LogP contribution in [0, 0.1) is 18.2 Å². The molecule has 7 rings (SSSR count). The molecule has 9 nitrogen and oxygen atoms in total. The average molecular weight is 609 g/mol. The maximum absolute atomic E-state index is 16.7. The molecular formula is C28H29ClF4N6O3. The number of hydrogen-bond donors (Lipinski definition) is 2. The lowest BCUT2D eigenvalue weighted by atomic mass is 9.90. The first-order chi connectivity index (χ1) is 19.8. The summed E-state index contributed by atoms with van der Waals surface area (Å²) in [6.45, 7) is 6.84. The summed E-state index contributed by atoms with van der Waals surface area (Å²) in [5, 5.41) is 3.44. The van der Waals surface area contributed by atoms with Crippen LogP contribution in [0.1, 0.15) is 37.8 Å². The highest BCUT2D eigenvalue weighted by molar-refractivity contribution is 6.36. The van der Waals surface area contributed by atoms with E-state index in [0.29, 0.717) is 25.6 Å². The minimum atomic E-state index is -4.87. The van der Waals surface area contributed by atoms with Crippen molar-refractivity contribution in [2.24, 2.45) is 5.41 Å². The Balaban J connectivity index is 1.50. The Bertz CT molecular complexity index is 1620. The zero-order valence-electron chi connectivity index (χ0n) is 23.1. The summed E-state index contributed by atoms with van der Waals surface area (Å²) in [4.78, 5) is 15.1. The van der Waals surface area contributed by atoms with E-state index >= 15 is 4.39 Å². The van der Waals surface area contributed by atoms with Crippen molar-refractivity contribution in [2.75, 3.05) is 37.0 Å². The number of pyridine rings is 1. The molecule has 224 valence electrons. The van der Waals surface area contributed by atoms with Crippen LogP contribution in [0.2, 0.25) is 5.02 Å². The summed E-state index contributed by atoms with van der Waals surface area (Å²) < 4.78 is 77.5. The predicted molar refractivity (Wildman–Crippen MR) is 147 cm³/mol. The third kappa shape index (κ3) is 4.22. The van der Waals surface area contributed by atoms with Gasteiger partial charge in [-0.2, -0.15) is 23.1 Å². The van der Waals surface area contributed by atoms with E-state index in [0.717, 1.165) is 18.9 Å². The zero-order chi connectivity index (χ0) is 29.7. The highest BCUT2D eigenvalue weighted by Crippen LogP contribution is 2.52. The number of fused-ring (bicyclic) bond motifs is 5. The minimum absolute atomic E-state index is 0.00301. The Kier molecular flexibility index (Phi) is 6.20. The van der Waals surface area contributed by atoms with Gasteiger partial charge in [0.1, 0.15) is 29.9 Å². The molecular weight excluding hydrogens is 580 g/mol. The van der Waals surface area contributed by atoms with Crippen molar-refractivity contribution in [3.8, 4) is 23.0 Å². The summed E-state index contributed by atoms with van der Waals surface area (Å²) in [7, 11) is 0. The van der Waals surface area contributed by atoms with Gasteiger partial charge < -0.3 is 30.2 Å². The van der Waals surface area contributed by atoms with Gasteiger partial charge in [-0.3, -0.25) is 0 Å². The van der Waals surface area contributed by atoms with Crippen LogP contribution in [-0.4, -0.2) is 65.5 Å². The van der Waals surface area contributed by atoms with Crippen LogP contribution >= 0.6 is 11.6 Å². The lowest BCUT2D eigenvalue weighted by Gasteiger charge is -2.43. The largest absolute Gasteiger partial charge is 0.486 e. The van der Waals surface area contributed by atoms with Crippen LogP contribution in [0.3, 0.4) is 0 Å². The molecule has 0 unspecified atom stereocenters. The van der Waals surface area contributed by atoms with Crippen LogP contribution in [0.4, 0.5) is 29.2 Å². The molecule has 3 aromatic rings. The van der Waals surface area contributed by atoms with Crippen molar-refractivity contribution in [1.82, 2.24) is 20.3 Å². The first kappa shape index (κ1) is 27.7. The second kappa shape index (κ2) is 9.42. The van der Waals surface area contributed by atoms with Crippen molar-refractivity contribution >= 4 is 34.1 Å². The Labute approximate surface area is 243 Å². The van der Waals surface area contributed by atoms with Gasteiger partial charge in [0, 0.05) is 24.0 Å². The van der Waals surface area contributed by atoms with Gasteiger partial charge in [0.2, 0.25) is 0 Å². The summed E-state index contributed by atoms with van der Waals surface area (Å²) in [5.41, 5.74) is 2.64. The van der Waals surface area contributed by atoms with E-state index in [2.05, 4.69) is 20.2 Å². The number of anilines is 2. The number of nitrogens with one attached hydrogen (secondary N) is 1. The SMILES string of the molecule is Cc1cc(N)nc(-c2c(Cl)c3c4c(nc(OCC5(C)COC5)nc4c2F)N2C[C@H]4CC[C@H](N4)[C@H]2[C@H](C)O3)c1C(F)(F)F. The Morgan fingerprint density at radius 2 is 2.00 bits per heavy atom. The number of benzene rings is 1. The van der Waals surface area contributed by atoms with Gasteiger partial charge >= 0.3 is 12.2 Å². The van der Waals surface area contributed by atoms with E-state index < -0.39 is 34.9 Å². The number of piperazine rings is 1. The molecule has 4 aliphatic rings. The van der Waals surface area contributed by atoms with E-state index in [1.165, 1.54) is 6.92 Å². The maximum Gasteiger partial charge on any atom is 0.418 e. The fourth-order valence-corrected chi connectivity index (χ4v) is 7.05. The number of rotatable bonds is 4. The molecule has 0 spiro atoms. The van der Waals surface area contributed by atoms with E-state index in [-0.39, 0.29) is 69.2 Å².